The van der Waals surface area contributed by atoms with Crippen molar-refractivity contribution in [3.63, 3.8) is 0 Å². The highest BCUT2D eigenvalue weighted by Gasteiger charge is 2.14. The van der Waals surface area contributed by atoms with Gasteiger partial charge in [0.25, 0.3) is 5.91 Å². The molecule has 1 amide bonds. The molecular weight excluding hydrogens is 428 g/mol. The summed E-state index contributed by atoms with van der Waals surface area (Å²) in [6, 6.07) is 20.4. The number of benzene rings is 3. The van der Waals surface area contributed by atoms with Crippen molar-refractivity contribution in [2.45, 2.75) is 26.6 Å². The standard InChI is InChI=1S/C25H25ClN2O4/c1-17-7-6-9-21(13-17)32-18(2)25(29)28-27-15-19-11-12-23(24(14-19)30-3)31-16-20-8-4-5-10-22(20)26/h4-15,18H,16H2,1-3H3,(H,28,29). The van der Waals surface area contributed by atoms with Crippen LogP contribution in [0.5, 0.6) is 17.2 Å². The molecule has 0 saturated carbocycles. The van der Waals surface area contributed by atoms with Gasteiger partial charge >= 0.3 is 0 Å². The van der Waals surface area contributed by atoms with E-state index in [1.807, 2.05) is 61.5 Å². The number of halogens is 1. The van der Waals surface area contributed by atoms with Gasteiger partial charge in [0.05, 0.1) is 13.3 Å². The van der Waals surface area contributed by atoms with E-state index in [2.05, 4.69) is 10.5 Å². The number of rotatable bonds is 9. The number of carbonyl (C=O) groups excluding carboxylic acids is 1. The number of nitrogens with zero attached hydrogens (tertiary/aromatic N) is 1. The molecular formula is C25H25ClN2O4. The van der Waals surface area contributed by atoms with Gasteiger partial charge in [0.1, 0.15) is 12.4 Å². The minimum atomic E-state index is -0.691. The SMILES string of the molecule is COc1cc(C=NNC(=O)C(C)Oc2cccc(C)c2)ccc1OCc1ccccc1Cl. The van der Waals surface area contributed by atoms with E-state index in [-0.39, 0.29) is 5.91 Å². The monoisotopic (exact) mass is 452 g/mol. The number of carbonyl (C=O) groups is 1. The highest BCUT2D eigenvalue weighted by molar-refractivity contribution is 6.31. The molecule has 0 heterocycles. The van der Waals surface area contributed by atoms with E-state index in [9.17, 15) is 4.79 Å². The van der Waals surface area contributed by atoms with E-state index in [1.165, 1.54) is 6.21 Å². The lowest BCUT2D eigenvalue weighted by Crippen LogP contribution is -2.33. The Morgan fingerprint density at radius 1 is 1.09 bits per heavy atom. The van der Waals surface area contributed by atoms with E-state index in [4.69, 9.17) is 25.8 Å². The zero-order valence-electron chi connectivity index (χ0n) is 18.2. The van der Waals surface area contributed by atoms with E-state index in [1.54, 1.807) is 26.2 Å². The molecule has 0 aliphatic carbocycles. The van der Waals surface area contributed by atoms with Crippen molar-refractivity contribution in [3.8, 4) is 17.2 Å². The second-order valence-corrected chi connectivity index (χ2v) is 7.51. The van der Waals surface area contributed by atoms with Crippen LogP contribution in [0.1, 0.15) is 23.6 Å². The summed E-state index contributed by atoms with van der Waals surface area (Å²) in [7, 11) is 1.56. The first-order chi connectivity index (χ1) is 15.5. The summed E-state index contributed by atoms with van der Waals surface area (Å²) in [6.07, 6.45) is 0.835. The maximum atomic E-state index is 12.2. The molecule has 6 nitrogen and oxygen atoms in total. The molecule has 166 valence electrons. The smallest absolute Gasteiger partial charge is 0.280 e. The number of nitrogens with one attached hydrogen (secondary N) is 1. The number of methoxy groups -OCH3 is 1. The Labute approximate surface area is 192 Å². The zero-order chi connectivity index (χ0) is 22.9. The summed E-state index contributed by atoms with van der Waals surface area (Å²) < 4.78 is 16.9. The molecule has 3 aromatic rings. The average Bonchev–Trinajstić information content (AvgIpc) is 2.78. The topological polar surface area (TPSA) is 69.2 Å². The molecule has 0 aliphatic heterocycles. The number of amides is 1. The highest BCUT2D eigenvalue weighted by atomic mass is 35.5. The van der Waals surface area contributed by atoms with Crippen LogP contribution in [-0.4, -0.2) is 25.3 Å². The third-order valence-corrected chi connectivity index (χ3v) is 4.96. The van der Waals surface area contributed by atoms with Crippen molar-refractivity contribution < 1.29 is 19.0 Å². The van der Waals surface area contributed by atoms with Gasteiger partial charge in [0, 0.05) is 10.6 Å². The summed E-state index contributed by atoms with van der Waals surface area (Å²) in [4.78, 5) is 12.2. The number of hydrogen-bond acceptors (Lipinski definition) is 5. The summed E-state index contributed by atoms with van der Waals surface area (Å²) in [5, 5.41) is 4.66. The Hall–Kier alpha value is -3.51. The molecule has 0 spiro atoms. The maximum Gasteiger partial charge on any atom is 0.280 e. The number of hydrogen-bond donors (Lipinski definition) is 1. The van der Waals surface area contributed by atoms with Gasteiger partial charge in [-0.1, -0.05) is 41.9 Å². The molecule has 1 unspecified atom stereocenters. The molecule has 0 radical (unpaired) electrons. The lowest BCUT2D eigenvalue weighted by atomic mass is 10.2. The van der Waals surface area contributed by atoms with Crippen LogP contribution in [0.25, 0.3) is 0 Å². The summed E-state index contributed by atoms with van der Waals surface area (Å²) in [5.74, 6) is 1.40. The molecule has 3 aromatic carbocycles. The van der Waals surface area contributed by atoms with E-state index in [0.29, 0.717) is 28.9 Å². The Balaban J connectivity index is 1.57. The number of ether oxygens (including phenoxy) is 3. The third-order valence-electron chi connectivity index (χ3n) is 4.59. The third kappa shape index (κ3) is 6.49. The van der Waals surface area contributed by atoms with E-state index < -0.39 is 6.10 Å². The van der Waals surface area contributed by atoms with Crippen molar-refractivity contribution >= 4 is 23.7 Å². The van der Waals surface area contributed by atoms with Gasteiger partial charge < -0.3 is 14.2 Å². The normalized spacial score (nSPS) is 11.8. The van der Waals surface area contributed by atoms with Crippen LogP contribution >= 0.6 is 11.6 Å². The van der Waals surface area contributed by atoms with E-state index >= 15 is 0 Å². The van der Waals surface area contributed by atoms with Crippen molar-refractivity contribution in [1.82, 2.24) is 5.43 Å². The lowest BCUT2D eigenvalue weighted by molar-refractivity contribution is -0.127. The number of aryl methyl sites for hydroxylation is 1. The lowest BCUT2D eigenvalue weighted by Gasteiger charge is -2.13. The zero-order valence-corrected chi connectivity index (χ0v) is 18.9. The second-order valence-electron chi connectivity index (χ2n) is 7.10. The molecule has 7 heteroatoms. The Morgan fingerprint density at radius 3 is 2.66 bits per heavy atom. The predicted molar refractivity (Wildman–Crippen MR) is 126 cm³/mol. The van der Waals surface area contributed by atoms with Gasteiger partial charge in [-0.2, -0.15) is 5.10 Å². The minimum absolute atomic E-state index is 0.318. The summed E-state index contributed by atoms with van der Waals surface area (Å²) in [6.45, 7) is 3.95. The fourth-order valence-electron chi connectivity index (χ4n) is 2.86. The van der Waals surface area contributed by atoms with Crippen molar-refractivity contribution in [1.29, 1.82) is 0 Å². The molecule has 0 bridgehead atoms. The Morgan fingerprint density at radius 2 is 1.91 bits per heavy atom. The van der Waals surface area contributed by atoms with Crippen LogP contribution in [0.3, 0.4) is 0 Å². The van der Waals surface area contributed by atoms with Crippen LogP contribution in [0.15, 0.2) is 71.8 Å². The van der Waals surface area contributed by atoms with Crippen molar-refractivity contribution in [3.05, 3.63) is 88.4 Å². The van der Waals surface area contributed by atoms with Gasteiger partial charge in [-0.3, -0.25) is 4.79 Å². The predicted octanol–water partition coefficient (Wildman–Crippen LogP) is 5.15. The molecule has 32 heavy (non-hydrogen) atoms. The fraction of sp³-hybridized carbons (Fsp3) is 0.200. The van der Waals surface area contributed by atoms with Crippen molar-refractivity contribution in [2.24, 2.45) is 5.10 Å². The molecule has 3 rings (SSSR count). The van der Waals surface area contributed by atoms with Gasteiger partial charge in [-0.25, -0.2) is 5.43 Å². The average molecular weight is 453 g/mol. The summed E-state index contributed by atoms with van der Waals surface area (Å²) >= 11 is 6.17. The quantitative estimate of drug-likeness (QED) is 0.360. The number of hydrazone groups is 1. The van der Waals surface area contributed by atoms with Gasteiger partial charge in [-0.05, 0) is 61.4 Å². The first kappa shape index (κ1) is 23.2. The second kappa shape index (κ2) is 11.2. The molecule has 0 fully saturated rings. The first-order valence-electron chi connectivity index (χ1n) is 10.1. The van der Waals surface area contributed by atoms with Crippen LogP contribution in [0, 0.1) is 6.92 Å². The summed E-state index contributed by atoms with van der Waals surface area (Å²) in [5.41, 5.74) is 5.16. The van der Waals surface area contributed by atoms with Crippen LogP contribution in [-0.2, 0) is 11.4 Å². The van der Waals surface area contributed by atoms with Crippen LogP contribution < -0.4 is 19.6 Å². The largest absolute Gasteiger partial charge is 0.493 e. The molecule has 0 saturated heterocycles. The minimum Gasteiger partial charge on any atom is -0.493 e. The highest BCUT2D eigenvalue weighted by Crippen LogP contribution is 2.29. The maximum absolute atomic E-state index is 12.2. The first-order valence-corrected chi connectivity index (χ1v) is 10.4. The van der Waals surface area contributed by atoms with Gasteiger partial charge in [0.15, 0.2) is 17.6 Å². The van der Waals surface area contributed by atoms with Gasteiger partial charge in [0.2, 0.25) is 0 Å². The van der Waals surface area contributed by atoms with Crippen molar-refractivity contribution in [2.75, 3.05) is 7.11 Å². The van der Waals surface area contributed by atoms with Gasteiger partial charge in [-0.15, -0.1) is 0 Å². The Bertz CT molecular complexity index is 1100. The van der Waals surface area contributed by atoms with Crippen LogP contribution in [0.2, 0.25) is 5.02 Å². The molecule has 0 aromatic heterocycles. The fourth-order valence-corrected chi connectivity index (χ4v) is 3.05. The van der Waals surface area contributed by atoms with Crippen LogP contribution in [0.4, 0.5) is 0 Å². The Kier molecular flexibility index (Phi) is 8.11. The molecule has 0 aliphatic rings. The van der Waals surface area contributed by atoms with E-state index in [0.717, 1.165) is 16.7 Å². The molecule has 1 N–H and O–H groups in total. The molecule has 1 atom stereocenters.